The molecule has 0 spiro atoms. The molecule has 3 nitrogen and oxygen atoms in total. The van der Waals surface area contributed by atoms with Gasteiger partial charge in [-0.1, -0.05) is 18.2 Å². The van der Waals surface area contributed by atoms with E-state index in [4.69, 9.17) is 9.47 Å². The number of aliphatic hydroxyl groups excluding tert-OH is 1. The van der Waals surface area contributed by atoms with Crippen molar-refractivity contribution in [3.8, 4) is 5.75 Å². The molecule has 0 fully saturated rings. The minimum absolute atomic E-state index is 0.123. The summed E-state index contributed by atoms with van der Waals surface area (Å²) in [6.07, 6.45) is -0.833. The van der Waals surface area contributed by atoms with Crippen LogP contribution in [0.3, 0.4) is 0 Å². The molecule has 1 unspecified atom stereocenters. The molecule has 1 atom stereocenters. The summed E-state index contributed by atoms with van der Waals surface area (Å²) in [5, 5.41) is 9.26. The van der Waals surface area contributed by atoms with E-state index in [1.165, 1.54) is 0 Å². The Labute approximate surface area is 64.2 Å². The number of benzene rings is 1. The van der Waals surface area contributed by atoms with Crippen molar-refractivity contribution < 1.29 is 14.6 Å². The summed E-state index contributed by atoms with van der Waals surface area (Å²) in [6, 6.07) is 7.28. The molecule has 0 aromatic heterocycles. The van der Waals surface area contributed by atoms with Gasteiger partial charge < -0.3 is 14.6 Å². The standard InChI is InChI=1S/C8H8O3/c9-8-6-3-1-2-4-7(6)10-5-11-8/h1-4,8-9H,5H2. The molecular formula is C8H8O3. The van der Waals surface area contributed by atoms with Gasteiger partial charge in [0.05, 0.1) is 0 Å². The topological polar surface area (TPSA) is 38.7 Å². The van der Waals surface area contributed by atoms with E-state index < -0.39 is 6.29 Å². The maximum atomic E-state index is 9.26. The average molecular weight is 152 g/mol. The molecule has 0 radical (unpaired) electrons. The van der Waals surface area contributed by atoms with Gasteiger partial charge in [-0.05, 0) is 6.07 Å². The molecule has 2 rings (SSSR count). The predicted molar refractivity (Wildman–Crippen MR) is 38.0 cm³/mol. The monoisotopic (exact) mass is 152 g/mol. The summed E-state index contributed by atoms with van der Waals surface area (Å²) >= 11 is 0. The van der Waals surface area contributed by atoms with E-state index in [1.807, 2.05) is 12.1 Å². The summed E-state index contributed by atoms with van der Waals surface area (Å²) in [5.41, 5.74) is 0.693. The Morgan fingerprint density at radius 2 is 2.18 bits per heavy atom. The molecule has 1 aliphatic heterocycles. The predicted octanol–water partition coefficient (Wildman–Crippen LogP) is 1.04. The quantitative estimate of drug-likeness (QED) is 0.603. The molecule has 11 heavy (non-hydrogen) atoms. The van der Waals surface area contributed by atoms with Crippen LogP contribution in [0.2, 0.25) is 0 Å². The van der Waals surface area contributed by atoms with Crippen LogP contribution in [0.15, 0.2) is 24.3 Å². The molecule has 0 saturated heterocycles. The van der Waals surface area contributed by atoms with E-state index in [0.29, 0.717) is 11.3 Å². The molecule has 1 aromatic rings. The van der Waals surface area contributed by atoms with Gasteiger partial charge in [0.1, 0.15) is 5.75 Å². The molecule has 0 amide bonds. The van der Waals surface area contributed by atoms with Gasteiger partial charge in [0.25, 0.3) is 0 Å². The van der Waals surface area contributed by atoms with Crippen molar-refractivity contribution >= 4 is 0 Å². The summed E-state index contributed by atoms with van der Waals surface area (Å²) < 4.78 is 9.95. The summed E-state index contributed by atoms with van der Waals surface area (Å²) in [6.45, 7) is 0.123. The van der Waals surface area contributed by atoms with Crippen LogP contribution in [0.5, 0.6) is 5.75 Å². The molecule has 58 valence electrons. The van der Waals surface area contributed by atoms with Crippen LogP contribution in [-0.2, 0) is 4.74 Å². The zero-order valence-electron chi connectivity index (χ0n) is 5.86. The third kappa shape index (κ3) is 1.08. The van der Waals surface area contributed by atoms with Crippen LogP contribution >= 0.6 is 0 Å². The number of fused-ring (bicyclic) bond motifs is 1. The van der Waals surface area contributed by atoms with Crippen LogP contribution < -0.4 is 4.74 Å². The fraction of sp³-hybridized carbons (Fsp3) is 0.250. The second-order valence-electron chi connectivity index (χ2n) is 2.32. The highest BCUT2D eigenvalue weighted by Gasteiger charge is 2.17. The summed E-state index contributed by atoms with van der Waals surface area (Å²) in [4.78, 5) is 0. The molecule has 0 bridgehead atoms. The Morgan fingerprint density at radius 1 is 1.36 bits per heavy atom. The lowest BCUT2D eigenvalue weighted by atomic mass is 10.2. The van der Waals surface area contributed by atoms with Gasteiger partial charge in [0.2, 0.25) is 0 Å². The highest BCUT2D eigenvalue weighted by atomic mass is 16.7. The van der Waals surface area contributed by atoms with Crippen molar-refractivity contribution in [2.24, 2.45) is 0 Å². The Balaban J connectivity index is 2.44. The number of aliphatic hydroxyl groups is 1. The van der Waals surface area contributed by atoms with Gasteiger partial charge in [-0.15, -0.1) is 0 Å². The maximum Gasteiger partial charge on any atom is 0.192 e. The third-order valence-corrected chi connectivity index (χ3v) is 1.63. The Bertz CT molecular complexity index is 259. The Hall–Kier alpha value is -1.06. The number of hydrogen-bond donors (Lipinski definition) is 1. The molecule has 3 heteroatoms. The second kappa shape index (κ2) is 2.53. The lowest BCUT2D eigenvalue weighted by Gasteiger charge is -2.21. The van der Waals surface area contributed by atoms with Crippen LogP contribution in [0, 0.1) is 0 Å². The van der Waals surface area contributed by atoms with E-state index in [0.717, 1.165) is 0 Å². The first-order valence-corrected chi connectivity index (χ1v) is 3.39. The molecule has 1 aliphatic rings. The van der Waals surface area contributed by atoms with Gasteiger partial charge in [0.15, 0.2) is 13.1 Å². The van der Waals surface area contributed by atoms with Crippen molar-refractivity contribution in [3.05, 3.63) is 29.8 Å². The van der Waals surface area contributed by atoms with Crippen LogP contribution in [-0.4, -0.2) is 11.9 Å². The average Bonchev–Trinajstić information content (AvgIpc) is 2.06. The first-order valence-electron chi connectivity index (χ1n) is 3.39. The van der Waals surface area contributed by atoms with Crippen molar-refractivity contribution in [2.45, 2.75) is 6.29 Å². The number of para-hydroxylation sites is 1. The summed E-state index contributed by atoms with van der Waals surface area (Å²) in [5.74, 6) is 0.700. The third-order valence-electron chi connectivity index (χ3n) is 1.63. The molecule has 1 heterocycles. The highest BCUT2D eigenvalue weighted by Crippen LogP contribution is 2.29. The molecular weight excluding hydrogens is 144 g/mol. The van der Waals surface area contributed by atoms with Gasteiger partial charge in [-0.2, -0.15) is 0 Å². The minimum atomic E-state index is -0.833. The van der Waals surface area contributed by atoms with E-state index >= 15 is 0 Å². The smallest absolute Gasteiger partial charge is 0.192 e. The summed E-state index contributed by atoms with van der Waals surface area (Å²) in [7, 11) is 0. The van der Waals surface area contributed by atoms with Crippen molar-refractivity contribution in [2.75, 3.05) is 6.79 Å². The Kier molecular flexibility index (Phi) is 1.52. The first-order chi connectivity index (χ1) is 5.38. The number of hydrogen-bond acceptors (Lipinski definition) is 3. The maximum absolute atomic E-state index is 9.26. The number of ether oxygens (including phenoxy) is 2. The van der Waals surface area contributed by atoms with E-state index in [1.54, 1.807) is 12.1 Å². The highest BCUT2D eigenvalue weighted by molar-refractivity contribution is 5.34. The fourth-order valence-electron chi connectivity index (χ4n) is 1.07. The van der Waals surface area contributed by atoms with E-state index in [2.05, 4.69) is 0 Å². The molecule has 0 saturated carbocycles. The normalized spacial score (nSPS) is 22.1. The SMILES string of the molecule is OC1OCOc2ccccc21. The second-order valence-corrected chi connectivity index (χ2v) is 2.32. The van der Waals surface area contributed by atoms with Gasteiger partial charge in [-0.25, -0.2) is 0 Å². The largest absolute Gasteiger partial charge is 0.467 e. The minimum Gasteiger partial charge on any atom is -0.467 e. The van der Waals surface area contributed by atoms with Crippen LogP contribution in [0.25, 0.3) is 0 Å². The number of rotatable bonds is 0. The zero-order valence-corrected chi connectivity index (χ0v) is 5.86. The van der Waals surface area contributed by atoms with Crippen LogP contribution in [0.4, 0.5) is 0 Å². The van der Waals surface area contributed by atoms with Crippen molar-refractivity contribution in [1.82, 2.24) is 0 Å². The van der Waals surface area contributed by atoms with Crippen molar-refractivity contribution in [1.29, 1.82) is 0 Å². The fourth-order valence-corrected chi connectivity index (χ4v) is 1.07. The van der Waals surface area contributed by atoms with Crippen LogP contribution in [0.1, 0.15) is 11.9 Å². The van der Waals surface area contributed by atoms with Gasteiger partial charge >= 0.3 is 0 Å². The van der Waals surface area contributed by atoms with Crippen molar-refractivity contribution in [3.63, 3.8) is 0 Å². The zero-order chi connectivity index (χ0) is 7.68. The first kappa shape index (κ1) is 6.64. The Morgan fingerprint density at radius 3 is 3.00 bits per heavy atom. The van der Waals surface area contributed by atoms with E-state index in [9.17, 15) is 5.11 Å². The molecule has 1 N–H and O–H groups in total. The van der Waals surface area contributed by atoms with E-state index in [-0.39, 0.29) is 6.79 Å². The molecule has 0 aliphatic carbocycles. The van der Waals surface area contributed by atoms with Gasteiger partial charge in [0, 0.05) is 5.56 Å². The lowest BCUT2D eigenvalue weighted by Crippen LogP contribution is -2.16. The van der Waals surface area contributed by atoms with Gasteiger partial charge in [-0.3, -0.25) is 0 Å². The lowest BCUT2D eigenvalue weighted by molar-refractivity contribution is -0.163. The molecule has 1 aromatic carbocycles.